The third kappa shape index (κ3) is 3.08. The number of carboxylic acid groups (broad SMARTS) is 1. The van der Waals surface area contributed by atoms with Crippen molar-refractivity contribution in [1.29, 1.82) is 0 Å². The minimum Gasteiger partial charge on any atom is -0.478 e. The molecule has 0 saturated heterocycles. The number of benzene rings is 2. The zero-order chi connectivity index (χ0) is 13.0. The zero-order valence-electron chi connectivity index (χ0n) is 10.1. The Kier molecular flexibility index (Phi) is 3.58. The molecule has 0 unspecified atom stereocenters. The predicted molar refractivity (Wildman–Crippen MR) is 73.5 cm³/mol. The fourth-order valence-corrected chi connectivity index (χ4v) is 1.61. The molecule has 2 aromatic carbocycles. The van der Waals surface area contributed by atoms with Crippen LogP contribution in [0.15, 0.2) is 48.5 Å². The third-order valence-corrected chi connectivity index (χ3v) is 2.70. The number of aromatic carboxylic acids is 1. The summed E-state index contributed by atoms with van der Waals surface area (Å²) in [6.07, 6.45) is 3.98. The molecule has 90 valence electrons. The number of hydrogen-bond acceptors (Lipinski definition) is 1. The van der Waals surface area contributed by atoms with Crippen molar-refractivity contribution in [2.24, 2.45) is 0 Å². The molecule has 0 radical (unpaired) electrons. The third-order valence-electron chi connectivity index (χ3n) is 2.70. The van der Waals surface area contributed by atoms with Gasteiger partial charge in [-0.2, -0.15) is 0 Å². The van der Waals surface area contributed by atoms with Crippen molar-refractivity contribution >= 4 is 18.1 Å². The highest BCUT2D eigenvalue weighted by Gasteiger charge is 1.99. The minimum atomic E-state index is -0.899. The average molecular weight is 238 g/mol. The van der Waals surface area contributed by atoms with E-state index < -0.39 is 5.97 Å². The van der Waals surface area contributed by atoms with Crippen LogP contribution >= 0.6 is 0 Å². The lowest BCUT2D eigenvalue weighted by Crippen LogP contribution is -1.94. The van der Waals surface area contributed by atoms with Crippen LogP contribution in [-0.2, 0) is 0 Å². The first-order valence-corrected chi connectivity index (χ1v) is 5.73. The van der Waals surface area contributed by atoms with Gasteiger partial charge in [-0.3, -0.25) is 0 Å². The zero-order valence-corrected chi connectivity index (χ0v) is 10.1. The topological polar surface area (TPSA) is 37.3 Å². The van der Waals surface area contributed by atoms with Crippen molar-refractivity contribution in [1.82, 2.24) is 0 Å². The van der Waals surface area contributed by atoms with Crippen molar-refractivity contribution in [3.8, 4) is 0 Å². The molecule has 2 nitrogen and oxygen atoms in total. The van der Waals surface area contributed by atoms with Crippen molar-refractivity contribution in [3.05, 3.63) is 70.8 Å². The van der Waals surface area contributed by atoms with Crippen LogP contribution in [-0.4, -0.2) is 11.1 Å². The van der Waals surface area contributed by atoms with Gasteiger partial charge in [0.15, 0.2) is 0 Å². The Labute approximate surface area is 106 Å². The van der Waals surface area contributed by atoms with Gasteiger partial charge >= 0.3 is 5.97 Å². The van der Waals surface area contributed by atoms with Gasteiger partial charge in [-0.1, -0.05) is 54.1 Å². The molecule has 0 amide bonds. The summed E-state index contributed by atoms with van der Waals surface area (Å²) >= 11 is 0. The van der Waals surface area contributed by atoms with Gasteiger partial charge in [-0.15, -0.1) is 0 Å². The van der Waals surface area contributed by atoms with E-state index in [1.807, 2.05) is 12.2 Å². The van der Waals surface area contributed by atoms with Crippen molar-refractivity contribution < 1.29 is 9.90 Å². The quantitative estimate of drug-likeness (QED) is 0.824. The predicted octanol–water partition coefficient (Wildman–Crippen LogP) is 3.86. The van der Waals surface area contributed by atoms with Gasteiger partial charge in [-0.05, 0) is 30.2 Å². The largest absolute Gasteiger partial charge is 0.478 e. The Balaban J connectivity index is 2.13. The molecule has 0 aromatic heterocycles. The van der Waals surface area contributed by atoms with Gasteiger partial charge in [0.25, 0.3) is 0 Å². The maximum absolute atomic E-state index is 10.7. The first-order valence-electron chi connectivity index (χ1n) is 5.73. The van der Waals surface area contributed by atoms with Gasteiger partial charge < -0.3 is 5.11 Å². The molecule has 0 spiro atoms. The maximum Gasteiger partial charge on any atom is 0.335 e. The van der Waals surface area contributed by atoms with E-state index in [-0.39, 0.29) is 0 Å². The lowest BCUT2D eigenvalue weighted by atomic mass is 10.1. The van der Waals surface area contributed by atoms with Crippen LogP contribution in [0.2, 0.25) is 0 Å². The smallest absolute Gasteiger partial charge is 0.335 e. The first kappa shape index (κ1) is 12.1. The van der Waals surface area contributed by atoms with E-state index in [0.717, 1.165) is 11.1 Å². The molecule has 0 fully saturated rings. The van der Waals surface area contributed by atoms with E-state index in [0.29, 0.717) is 5.56 Å². The van der Waals surface area contributed by atoms with Crippen LogP contribution < -0.4 is 0 Å². The van der Waals surface area contributed by atoms with E-state index in [4.69, 9.17) is 5.11 Å². The van der Waals surface area contributed by atoms with Crippen molar-refractivity contribution in [3.63, 3.8) is 0 Å². The molecule has 0 saturated carbocycles. The standard InChI is InChI=1S/C16H14O2/c1-12-2-4-13(5-3-12)6-7-14-8-10-15(11-9-14)16(17)18/h2-11H,1H3,(H,17,18). The molecule has 0 aliphatic rings. The van der Waals surface area contributed by atoms with E-state index in [2.05, 4.69) is 31.2 Å². The van der Waals surface area contributed by atoms with Crippen LogP contribution in [0.3, 0.4) is 0 Å². The summed E-state index contributed by atoms with van der Waals surface area (Å²) in [7, 11) is 0. The number of hydrogen-bond donors (Lipinski definition) is 1. The van der Waals surface area contributed by atoms with Crippen molar-refractivity contribution in [2.75, 3.05) is 0 Å². The summed E-state index contributed by atoms with van der Waals surface area (Å²) in [6.45, 7) is 2.05. The van der Waals surface area contributed by atoms with Crippen molar-refractivity contribution in [2.45, 2.75) is 6.92 Å². The highest BCUT2D eigenvalue weighted by atomic mass is 16.4. The number of aryl methyl sites for hydroxylation is 1. The summed E-state index contributed by atoms with van der Waals surface area (Å²) in [5.74, 6) is -0.899. The summed E-state index contributed by atoms with van der Waals surface area (Å²) in [5, 5.41) is 8.79. The van der Waals surface area contributed by atoms with E-state index in [1.54, 1.807) is 24.3 Å². The average Bonchev–Trinajstić information content (AvgIpc) is 2.38. The molecule has 0 atom stereocenters. The van der Waals surface area contributed by atoms with Gasteiger partial charge in [0.2, 0.25) is 0 Å². The molecule has 0 bridgehead atoms. The molecule has 1 N–H and O–H groups in total. The molecule has 2 rings (SSSR count). The first-order chi connectivity index (χ1) is 8.65. The van der Waals surface area contributed by atoms with Gasteiger partial charge in [0.05, 0.1) is 5.56 Å². The SMILES string of the molecule is Cc1ccc(C=Cc2ccc(C(=O)O)cc2)cc1. The van der Waals surface area contributed by atoms with Crippen LogP contribution in [0.4, 0.5) is 0 Å². The molecular weight excluding hydrogens is 224 g/mol. The Morgan fingerprint density at radius 3 is 1.78 bits per heavy atom. The van der Waals surface area contributed by atoms with E-state index >= 15 is 0 Å². The minimum absolute atomic E-state index is 0.308. The lowest BCUT2D eigenvalue weighted by molar-refractivity contribution is 0.0697. The lowest BCUT2D eigenvalue weighted by Gasteiger charge is -1.97. The van der Waals surface area contributed by atoms with Crippen LogP contribution in [0.1, 0.15) is 27.0 Å². The molecule has 2 heteroatoms. The molecule has 0 aliphatic heterocycles. The van der Waals surface area contributed by atoms with Crippen LogP contribution in [0.5, 0.6) is 0 Å². The Morgan fingerprint density at radius 1 is 0.889 bits per heavy atom. The Hall–Kier alpha value is -2.35. The summed E-state index contributed by atoms with van der Waals surface area (Å²) in [6, 6.07) is 15.0. The van der Waals surface area contributed by atoms with Crippen LogP contribution in [0.25, 0.3) is 12.2 Å². The van der Waals surface area contributed by atoms with Gasteiger partial charge in [0, 0.05) is 0 Å². The highest BCUT2D eigenvalue weighted by molar-refractivity contribution is 5.88. The number of carbonyl (C=O) groups is 1. The van der Waals surface area contributed by atoms with E-state index in [9.17, 15) is 4.79 Å². The highest BCUT2D eigenvalue weighted by Crippen LogP contribution is 2.10. The van der Waals surface area contributed by atoms with Gasteiger partial charge in [-0.25, -0.2) is 4.79 Å². The Bertz CT molecular complexity index is 563. The number of carboxylic acids is 1. The summed E-state index contributed by atoms with van der Waals surface area (Å²) < 4.78 is 0. The second-order valence-electron chi connectivity index (χ2n) is 4.17. The van der Waals surface area contributed by atoms with E-state index in [1.165, 1.54) is 5.56 Å². The monoisotopic (exact) mass is 238 g/mol. The molecule has 18 heavy (non-hydrogen) atoms. The second-order valence-corrected chi connectivity index (χ2v) is 4.17. The summed E-state index contributed by atoms with van der Waals surface area (Å²) in [5.41, 5.74) is 3.66. The molecule has 0 aliphatic carbocycles. The fraction of sp³-hybridized carbons (Fsp3) is 0.0625. The van der Waals surface area contributed by atoms with Crippen LogP contribution in [0, 0.1) is 6.92 Å². The Morgan fingerprint density at radius 2 is 1.33 bits per heavy atom. The normalized spacial score (nSPS) is 10.7. The van der Waals surface area contributed by atoms with Gasteiger partial charge in [0.1, 0.15) is 0 Å². The number of rotatable bonds is 3. The fourth-order valence-electron chi connectivity index (χ4n) is 1.61. The maximum atomic E-state index is 10.7. The molecule has 0 heterocycles. The molecule has 2 aromatic rings. The molecular formula is C16H14O2. The second kappa shape index (κ2) is 5.32. The summed E-state index contributed by atoms with van der Waals surface area (Å²) in [4.78, 5) is 10.7.